The smallest absolute Gasteiger partial charge is 0.338 e. The Morgan fingerprint density at radius 3 is 2.43 bits per heavy atom. The van der Waals surface area contributed by atoms with Crippen LogP contribution in [0.3, 0.4) is 0 Å². The molecule has 2 aromatic carbocycles. The molecule has 0 saturated carbocycles. The van der Waals surface area contributed by atoms with Gasteiger partial charge in [-0.15, -0.1) is 0 Å². The molecule has 150 valence electrons. The lowest BCUT2D eigenvalue weighted by atomic mass is 10.0. The zero-order valence-corrected chi connectivity index (χ0v) is 17.6. The van der Waals surface area contributed by atoms with E-state index in [2.05, 4.69) is 17.6 Å². The number of benzene rings is 2. The first kappa shape index (κ1) is 21.5. The molecule has 0 aliphatic carbocycles. The van der Waals surface area contributed by atoms with Crippen LogP contribution in [0, 0.1) is 6.92 Å². The highest BCUT2D eigenvalue weighted by Gasteiger charge is 2.16. The standard InChI is InChI=1S/C21H26N2O4S/c1-6-16(14-10-11-18(25-3)19(12-14)26-4)22-21(28)23-17-9-7-8-15(13(17)2)20(24)27-5/h7-12,16H,6H2,1-5H3,(H2,22,23,28). The molecule has 0 bridgehead atoms. The molecule has 2 N–H and O–H groups in total. The van der Waals surface area contributed by atoms with Crippen molar-refractivity contribution in [2.75, 3.05) is 26.6 Å². The van der Waals surface area contributed by atoms with Gasteiger partial charge in [-0.25, -0.2) is 4.79 Å². The van der Waals surface area contributed by atoms with E-state index in [0.29, 0.717) is 22.2 Å². The third-order valence-electron chi connectivity index (χ3n) is 4.51. The van der Waals surface area contributed by atoms with E-state index >= 15 is 0 Å². The molecule has 7 heteroatoms. The van der Waals surface area contributed by atoms with Crippen LogP contribution >= 0.6 is 12.2 Å². The molecular weight excluding hydrogens is 376 g/mol. The van der Waals surface area contributed by atoms with E-state index in [1.807, 2.05) is 31.2 Å². The largest absolute Gasteiger partial charge is 0.493 e. The summed E-state index contributed by atoms with van der Waals surface area (Å²) in [6.07, 6.45) is 0.818. The highest BCUT2D eigenvalue weighted by molar-refractivity contribution is 7.80. The van der Waals surface area contributed by atoms with Gasteiger partial charge < -0.3 is 24.8 Å². The van der Waals surface area contributed by atoms with Crippen molar-refractivity contribution < 1.29 is 19.0 Å². The fourth-order valence-corrected chi connectivity index (χ4v) is 3.16. The SMILES string of the molecule is CCC(NC(=S)Nc1cccc(C(=O)OC)c1C)c1ccc(OC)c(OC)c1. The number of hydrogen-bond acceptors (Lipinski definition) is 5. The van der Waals surface area contributed by atoms with Crippen molar-refractivity contribution in [1.29, 1.82) is 0 Å². The monoisotopic (exact) mass is 402 g/mol. The van der Waals surface area contributed by atoms with Crippen molar-refractivity contribution >= 4 is 29.0 Å². The molecule has 0 fully saturated rings. The Hall–Kier alpha value is -2.80. The average molecular weight is 403 g/mol. The van der Waals surface area contributed by atoms with Gasteiger partial charge in [0.05, 0.1) is 32.9 Å². The Bertz CT molecular complexity index is 854. The number of hydrogen-bond donors (Lipinski definition) is 2. The number of carbonyl (C=O) groups is 1. The van der Waals surface area contributed by atoms with Gasteiger partial charge in [0, 0.05) is 5.69 Å². The molecule has 0 heterocycles. The van der Waals surface area contributed by atoms with E-state index in [0.717, 1.165) is 23.2 Å². The molecule has 0 aromatic heterocycles. The van der Waals surface area contributed by atoms with Crippen LogP contribution in [0.15, 0.2) is 36.4 Å². The minimum atomic E-state index is -0.378. The molecule has 0 amide bonds. The van der Waals surface area contributed by atoms with E-state index in [1.165, 1.54) is 7.11 Å². The molecule has 1 atom stereocenters. The molecule has 0 aliphatic heterocycles. The summed E-state index contributed by atoms with van der Waals surface area (Å²) >= 11 is 5.49. The second-order valence-corrected chi connectivity index (χ2v) is 6.55. The van der Waals surface area contributed by atoms with Crippen molar-refractivity contribution in [2.24, 2.45) is 0 Å². The van der Waals surface area contributed by atoms with Gasteiger partial charge in [0.25, 0.3) is 0 Å². The van der Waals surface area contributed by atoms with Crippen LogP contribution in [0.25, 0.3) is 0 Å². The number of ether oxygens (including phenoxy) is 3. The molecule has 2 rings (SSSR count). The number of esters is 1. The third kappa shape index (κ3) is 4.92. The van der Waals surface area contributed by atoms with Gasteiger partial charge in [0.2, 0.25) is 0 Å². The predicted octanol–water partition coefficient (Wildman–Crippen LogP) is 4.24. The molecule has 0 saturated heterocycles. The Kier molecular flexibility index (Phi) is 7.63. The maximum absolute atomic E-state index is 11.9. The molecule has 28 heavy (non-hydrogen) atoms. The van der Waals surface area contributed by atoms with E-state index in [-0.39, 0.29) is 12.0 Å². The average Bonchev–Trinajstić information content (AvgIpc) is 2.72. The Morgan fingerprint density at radius 1 is 1.11 bits per heavy atom. The van der Waals surface area contributed by atoms with Crippen molar-refractivity contribution in [2.45, 2.75) is 26.3 Å². The van der Waals surface area contributed by atoms with Gasteiger partial charge in [-0.3, -0.25) is 0 Å². The molecule has 0 radical (unpaired) electrons. The summed E-state index contributed by atoms with van der Waals surface area (Å²) in [6, 6.07) is 11.2. The lowest BCUT2D eigenvalue weighted by Gasteiger charge is -2.22. The van der Waals surface area contributed by atoms with E-state index in [9.17, 15) is 4.79 Å². The molecule has 0 aliphatic rings. The first-order valence-corrected chi connectivity index (χ1v) is 9.33. The zero-order valence-electron chi connectivity index (χ0n) is 16.8. The minimum Gasteiger partial charge on any atom is -0.493 e. The summed E-state index contributed by atoms with van der Waals surface area (Å²) in [7, 11) is 4.58. The number of thiocarbonyl (C=S) groups is 1. The lowest BCUT2D eigenvalue weighted by Crippen LogP contribution is -2.32. The zero-order chi connectivity index (χ0) is 20.7. The number of carbonyl (C=O) groups excluding carboxylic acids is 1. The highest BCUT2D eigenvalue weighted by atomic mass is 32.1. The fourth-order valence-electron chi connectivity index (χ4n) is 2.91. The summed E-state index contributed by atoms with van der Waals surface area (Å²) in [4.78, 5) is 11.9. The van der Waals surface area contributed by atoms with Crippen LogP contribution in [-0.4, -0.2) is 32.4 Å². The molecule has 1 unspecified atom stereocenters. The summed E-state index contributed by atoms with van der Waals surface area (Å²) in [6.45, 7) is 3.92. The Morgan fingerprint density at radius 2 is 1.82 bits per heavy atom. The second kappa shape index (κ2) is 9.94. The van der Waals surface area contributed by atoms with Crippen LogP contribution < -0.4 is 20.1 Å². The van der Waals surface area contributed by atoms with Gasteiger partial charge in [0.15, 0.2) is 16.6 Å². The van der Waals surface area contributed by atoms with Gasteiger partial charge in [0.1, 0.15) is 0 Å². The molecule has 0 spiro atoms. The van der Waals surface area contributed by atoms with Crippen LogP contribution in [0.5, 0.6) is 11.5 Å². The molecular formula is C21H26N2O4S. The summed E-state index contributed by atoms with van der Waals surface area (Å²) in [5.74, 6) is 0.967. The lowest BCUT2D eigenvalue weighted by molar-refractivity contribution is 0.0600. The van der Waals surface area contributed by atoms with E-state index < -0.39 is 0 Å². The van der Waals surface area contributed by atoms with Gasteiger partial charge >= 0.3 is 5.97 Å². The van der Waals surface area contributed by atoms with Crippen molar-refractivity contribution in [3.05, 3.63) is 53.1 Å². The van der Waals surface area contributed by atoms with Crippen molar-refractivity contribution in [3.63, 3.8) is 0 Å². The summed E-state index contributed by atoms with van der Waals surface area (Å²) in [5, 5.41) is 6.95. The Balaban J connectivity index is 2.16. The maximum atomic E-state index is 11.9. The Labute approximate surface area is 171 Å². The predicted molar refractivity (Wildman–Crippen MR) is 114 cm³/mol. The van der Waals surface area contributed by atoms with Gasteiger partial charge in [-0.2, -0.15) is 0 Å². The number of nitrogens with one attached hydrogen (secondary N) is 2. The van der Waals surface area contributed by atoms with Crippen molar-refractivity contribution in [3.8, 4) is 11.5 Å². The molecule has 6 nitrogen and oxygen atoms in total. The third-order valence-corrected chi connectivity index (χ3v) is 4.73. The van der Waals surface area contributed by atoms with Crippen LogP contribution in [-0.2, 0) is 4.74 Å². The highest BCUT2D eigenvalue weighted by Crippen LogP contribution is 2.31. The topological polar surface area (TPSA) is 68.8 Å². The van der Waals surface area contributed by atoms with Crippen LogP contribution in [0.4, 0.5) is 5.69 Å². The van der Waals surface area contributed by atoms with E-state index in [1.54, 1.807) is 26.4 Å². The van der Waals surface area contributed by atoms with Crippen LogP contribution in [0.2, 0.25) is 0 Å². The van der Waals surface area contributed by atoms with Crippen molar-refractivity contribution in [1.82, 2.24) is 5.32 Å². The molecule has 2 aromatic rings. The maximum Gasteiger partial charge on any atom is 0.338 e. The first-order valence-electron chi connectivity index (χ1n) is 8.92. The quantitative estimate of drug-likeness (QED) is 0.530. The number of anilines is 1. The van der Waals surface area contributed by atoms with Gasteiger partial charge in [-0.05, 0) is 61.0 Å². The number of methoxy groups -OCH3 is 3. The van der Waals surface area contributed by atoms with Crippen LogP contribution in [0.1, 0.15) is 40.9 Å². The number of rotatable bonds is 7. The normalized spacial score (nSPS) is 11.3. The summed E-state index contributed by atoms with van der Waals surface area (Å²) < 4.78 is 15.5. The fraction of sp³-hybridized carbons (Fsp3) is 0.333. The first-order chi connectivity index (χ1) is 13.4. The minimum absolute atomic E-state index is 0.0103. The summed E-state index contributed by atoms with van der Waals surface area (Å²) in [5.41, 5.74) is 3.06. The second-order valence-electron chi connectivity index (χ2n) is 6.14. The van der Waals surface area contributed by atoms with E-state index in [4.69, 9.17) is 26.4 Å². The van der Waals surface area contributed by atoms with Gasteiger partial charge in [-0.1, -0.05) is 19.1 Å².